The molecule has 0 aromatic carbocycles. The minimum absolute atomic E-state index is 0.0585. The maximum atomic E-state index is 11.9. The molecule has 0 bridgehead atoms. The molecule has 0 unspecified atom stereocenters. The first-order valence-corrected chi connectivity index (χ1v) is 8.13. The molecule has 3 rings (SSSR count). The van der Waals surface area contributed by atoms with Crippen LogP contribution < -0.4 is 16.0 Å². The van der Waals surface area contributed by atoms with E-state index < -0.39 is 0 Å². The minimum Gasteiger partial charge on any atom is -0.361 e. The third-order valence-electron chi connectivity index (χ3n) is 3.32. The van der Waals surface area contributed by atoms with Crippen LogP contribution in [0.4, 0.5) is 10.9 Å². The maximum Gasteiger partial charge on any atom is 0.259 e. The fraction of sp³-hybridized carbons (Fsp3) is 0.357. The largest absolute Gasteiger partial charge is 0.361 e. The van der Waals surface area contributed by atoms with E-state index in [2.05, 4.69) is 31.1 Å². The highest BCUT2D eigenvalue weighted by molar-refractivity contribution is 7.13. The Kier molecular flexibility index (Phi) is 4.77. The van der Waals surface area contributed by atoms with E-state index in [1.807, 2.05) is 0 Å². The third-order valence-corrected chi connectivity index (χ3v) is 3.93. The predicted molar refractivity (Wildman–Crippen MR) is 86.3 cm³/mol. The SMILES string of the molecule is O=C(CNc1ccc(C(=O)Nc2nncs2)cn1)NCC1CC1. The molecular weight excluding hydrogens is 316 g/mol. The van der Waals surface area contributed by atoms with Crippen molar-refractivity contribution in [3.8, 4) is 0 Å². The molecule has 1 aliphatic rings. The Morgan fingerprint density at radius 3 is 2.83 bits per heavy atom. The van der Waals surface area contributed by atoms with Crippen LogP contribution in [0.1, 0.15) is 23.2 Å². The van der Waals surface area contributed by atoms with Gasteiger partial charge in [0.15, 0.2) is 0 Å². The Hall–Kier alpha value is -2.55. The lowest BCUT2D eigenvalue weighted by atomic mass is 10.2. The summed E-state index contributed by atoms with van der Waals surface area (Å²) in [6.45, 7) is 0.911. The van der Waals surface area contributed by atoms with Crippen LogP contribution in [0.3, 0.4) is 0 Å². The van der Waals surface area contributed by atoms with Gasteiger partial charge >= 0.3 is 0 Å². The smallest absolute Gasteiger partial charge is 0.259 e. The quantitative estimate of drug-likeness (QED) is 0.701. The number of aromatic nitrogens is 3. The van der Waals surface area contributed by atoms with E-state index in [0.717, 1.165) is 6.54 Å². The maximum absolute atomic E-state index is 11.9. The van der Waals surface area contributed by atoms with Crippen LogP contribution in [-0.4, -0.2) is 40.1 Å². The summed E-state index contributed by atoms with van der Waals surface area (Å²) in [5.74, 6) is 0.835. The van der Waals surface area contributed by atoms with Gasteiger partial charge in [0.1, 0.15) is 11.3 Å². The number of pyridine rings is 1. The van der Waals surface area contributed by atoms with Crippen molar-refractivity contribution in [1.82, 2.24) is 20.5 Å². The van der Waals surface area contributed by atoms with Crippen LogP contribution >= 0.6 is 11.3 Å². The van der Waals surface area contributed by atoms with E-state index in [1.165, 1.54) is 35.9 Å². The monoisotopic (exact) mass is 332 g/mol. The standard InChI is InChI=1S/C14H16N6O2S/c21-12(17-5-9-1-2-9)7-16-11-4-3-10(6-15-11)13(22)19-14-20-18-8-23-14/h3-4,6,8-9H,1-2,5,7H2,(H,15,16)(H,17,21)(H,19,20,22). The lowest BCUT2D eigenvalue weighted by Gasteiger charge is -2.07. The van der Waals surface area contributed by atoms with Crippen molar-refractivity contribution in [3.63, 3.8) is 0 Å². The van der Waals surface area contributed by atoms with Crippen molar-refractivity contribution in [1.29, 1.82) is 0 Å². The molecular formula is C14H16N6O2S. The summed E-state index contributed by atoms with van der Waals surface area (Å²) < 4.78 is 0. The molecule has 0 radical (unpaired) electrons. The van der Waals surface area contributed by atoms with Crippen LogP contribution in [0, 0.1) is 5.92 Å². The molecule has 9 heteroatoms. The molecule has 2 aromatic heterocycles. The van der Waals surface area contributed by atoms with Gasteiger partial charge in [0.05, 0.1) is 12.1 Å². The molecule has 2 amide bonds. The van der Waals surface area contributed by atoms with Crippen LogP contribution in [-0.2, 0) is 4.79 Å². The zero-order valence-corrected chi connectivity index (χ0v) is 13.1. The highest BCUT2D eigenvalue weighted by Crippen LogP contribution is 2.27. The molecule has 8 nitrogen and oxygen atoms in total. The Morgan fingerprint density at radius 1 is 1.30 bits per heavy atom. The highest BCUT2D eigenvalue weighted by Gasteiger charge is 2.21. The topological polar surface area (TPSA) is 109 Å². The van der Waals surface area contributed by atoms with Crippen molar-refractivity contribution >= 4 is 34.1 Å². The van der Waals surface area contributed by atoms with Crippen LogP contribution in [0.25, 0.3) is 0 Å². The molecule has 0 aliphatic heterocycles. The molecule has 120 valence electrons. The van der Waals surface area contributed by atoms with Crippen molar-refractivity contribution in [2.24, 2.45) is 5.92 Å². The highest BCUT2D eigenvalue weighted by atomic mass is 32.1. The third kappa shape index (κ3) is 4.71. The molecule has 0 spiro atoms. The van der Waals surface area contributed by atoms with E-state index >= 15 is 0 Å². The molecule has 1 saturated carbocycles. The first-order valence-electron chi connectivity index (χ1n) is 7.25. The summed E-state index contributed by atoms with van der Waals surface area (Å²) >= 11 is 1.24. The van der Waals surface area contributed by atoms with E-state index in [-0.39, 0.29) is 18.4 Å². The molecule has 3 N–H and O–H groups in total. The van der Waals surface area contributed by atoms with Gasteiger partial charge in [-0.15, -0.1) is 10.2 Å². The van der Waals surface area contributed by atoms with E-state index in [0.29, 0.717) is 22.4 Å². The zero-order chi connectivity index (χ0) is 16.1. The fourth-order valence-corrected chi connectivity index (χ4v) is 2.28. The van der Waals surface area contributed by atoms with Gasteiger partial charge < -0.3 is 10.6 Å². The minimum atomic E-state index is -0.303. The van der Waals surface area contributed by atoms with Crippen molar-refractivity contribution in [2.75, 3.05) is 23.7 Å². The Balaban J connectivity index is 1.46. The summed E-state index contributed by atoms with van der Waals surface area (Å²) in [4.78, 5) is 27.7. The lowest BCUT2D eigenvalue weighted by Crippen LogP contribution is -2.31. The number of carbonyl (C=O) groups is 2. The number of nitrogens with one attached hydrogen (secondary N) is 3. The van der Waals surface area contributed by atoms with Gasteiger partial charge in [-0.3, -0.25) is 14.9 Å². The van der Waals surface area contributed by atoms with Crippen LogP contribution in [0.15, 0.2) is 23.8 Å². The van der Waals surface area contributed by atoms with Gasteiger partial charge in [-0.1, -0.05) is 11.3 Å². The average molecular weight is 332 g/mol. The normalized spacial score (nSPS) is 13.4. The second-order valence-corrected chi connectivity index (χ2v) is 6.06. The van der Waals surface area contributed by atoms with Crippen molar-refractivity contribution in [2.45, 2.75) is 12.8 Å². The van der Waals surface area contributed by atoms with Gasteiger partial charge in [-0.05, 0) is 30.9 Å². The van der Waals surface area contributed by atoms with Crippen molar-refractivity contribution < 1.29 is 9.59 Å². The first kappa shape index (κ1) is 15.3. The average Bonchev–Trinajstić information content (AvgIpc) is 3.27. The number of amides is 2. The summed E-state index contributed by atoms with van der Waals surface area (Å²) in [7, 11) is 0. The zero-order valence-electron chi connectivity index (χ0n) is 12.3. The lowest BCUT2D eigenvalue weighted by molar-refractivity contribution is -0.119. The number of carbonyl (C=O) groups excluding carboxylic acids is 2. The Labute approximate surface area is 136 Å². The summed E-state index contributed by atoms with van der Waals surface area (Å²) in [5, 5.41) is 16.2. The van der Waals surface area contributed by atoms with Crippen LogP contribution in [0.5, 0.6) is 0 Å². The number of anilines is 2. The fourth-order valence-electron chi connectivity index (χ4n) is 1.84. The van der Waals surface area contributed by atoms with Gasteiger partial charge in [0, 0.05) is 12.7 Å². The number of hydrogen-bond donors (Lipinski definition) is 3. The molecule has 23 heavy (non-hydrogen) atoms. The second kappa shape index (κ2) is 7.14. The summed E-state index contributed by atoms with van der Waals surface area (Å²) in [6.07, 6.45) is 3.85. The molecule has 1 aliphatic carbocycles. The van der Waals surface area contributed by atoms with Gasteiger partial charge in [-0.2, -0.15) is 0 Å². The summed E-state index contributed by atoms with van der Waals surface area (Å²) in [6, 6.07) is 3.29. The predicted octanol–water partition coefficient (Wildman–Crippen LogP) is 1.12. The molecule has 0 atom stereocenters. The van der Waals surface area contributed by atoms with Crippen LogP contribution in [0.2, 0.25) is 0 Å². The van der Waals surface area contributed by atoms with Gasteiger partial charge in [0.25, 0.3) is 5.91 Å². The van der Waals surface area contributed by atoms with E-state index in [4.69, 9.17) is 0 Å². The van der Waals surface area contributed by atoms with Gasteiger partial charge in [0.2, 0.25) is 11.0 Å². The van der Waals surface area contributed by atoms with Gasteiger partial charge in [-0.25, -0.2) is 4.98 Å². The first-order chi connectivity index (χ1) is 11.2. The van der Waals surface area contributed by atoms with E-state index in [1.54, 1.807) is 12.1 Å². The molecule has 0 saturated heterocycles. The second-order valence-electron chi connectivity index (χ2n) is 5.23. The molecule has 2 heterocycles. The number of hydrogen-bond acceptors (Lipinski definition) is 7. The summed E-state index contributed by atoms with van der Waals surface area (Å²) in [5.41, 5.74) is 1.94. The Morgan fingerprint density at radius 2 is 2.17 bits per heavy atom. The van der Waals surface area contributed by atoms with Crippen molar-refractivity contribution in [3.05, 3.63) is 29.4 Å². The molecule has 2 aromatic rings. The number of nitrogens with zero attached hydrogens (tertiary/aromatic N) is 3. The Bertz CT molecular complexity index is 669. The molecule has 1 fully saturated rings. The van der Waals surface area contributed by atoms with E-state index in [9.17, 15) is 9.59 Å². The number of rotatable bonds is 7.